The molecule has 0 bridgehead atoms. The molecule has 0 aliphatic carbocycles. The van der Waals surface area contributed by atoms with Gasteiger partial charge in [-0.1, -0.05) is 48.4 Å². The molecule has 3 heteroatoms. The molecule has 0 saturated carbocycles. The molecular weight excluding hydrogens is 310 g/mol. The number of nitrogens with one attached hydrogen (secondary N) is 1. The summed E-state index contributed by atoms with van der Waals surface area (Å²) in [4.78, 5) is 12.3. The Morgan fingerprint density at radius 1 is 1.04 bits per heavy atom. The van der Waals surface area contributed by atoms with Crippen molar-refractivity contribution in [2.75, 3.05) is 6.61 Å². The molecule has 0 unspecified atom stereocenters. The molecule has 1 N–H and O–H groups in total. The first-order valence-corrected chi connectivity index (χ1v) is 9.05. The first kappa shape index (κ1) is 19.0. The van der Waals surface area contributed by atoms with E-state index in [4.69, 9.17) is 4.74 Å². The minimum Gasteiger partial charge on any atom is -0.494 e. The lowest BCUT2D eigenvalue weighted by atomic mass is 9.97. The van der Waals surface area contributed by atoms with Crippen LogP contribution in [0.5, 0.6) is 5.75 Å². The second kappa shape index (κ2) is 9.26. The standard InChI is InChI=1S/C22H29NO2/c1-5-21(20-13-10-17(3)15-18(20)4)23-22(24)7-6-14-25-19-11-8-16(2)9-12-19/h8-13,15,21H,5-7,14H2,1-4H3,(H,23,24)/t21-/m1/s1. The van der Waals surface area contributed by atoms with Gasteiger partial charge in [0.25, 0.3) is 0 Å². The van der Waals surface area contributed by atoms with Gasteiger partial charge in [0.05, 0.1) is 12.6 Å². The van der Waals surface area contributed by atoms with Crippen molar-refractivity contribution < 1.29 is 9.53 Å². The fourth-order valence-corrected chi connectivity index (χ4v) is 2.94. The third kappa shape index (κ3) is 5.93. The van der Waals surface area contributed by atoms with Crippen molar-refractivity contribution in [2.45, 2.75) is 53.0 Å². The van der Waals surface area contributed by atoms with E-state index in [1.54, 1.807) is 0 Å². The number of carbonyl (C=O) groups is 1. The van der Waals surface area contributed by atoms with Crippen molar-refractivity contribution in [3.05, 3.63) is 64.7 Å². The average molecular weight is 339 g/mol. The van der Waals surface area contributed by atoms with Gasteiger partial charge in [-0.3, -0.25) is 4.79 Å². The molecular formula is C22H29NO2. The van der Waals surface area contributed by atoms with Crippen LogP contribution in [0.3, 0.4) is 0 Å². The number of amides is 1. The first-order valence-electron chi connectivity index (χ1n) is 9.05. The summed E-state index contributed by atoms with van der Waals surface area (Å²) in [5, 5.41) is 3.15. The van der Waals surface area contributed by atoms with Gasteiger partial charge in [0.15, 0.2) is 0 Å². The Bertz CT molecular complexity index is 692. The van der Waals surface area contributed by atoms with Crippen LogP contribution in [0.4, 0.5) is 0 Å². The molecule has 0 aliphatic heterocycles. The molecule has 2 aromatic rings. The number of ether oxygens (including phenoxy) is 1. The van der Waals surface area contributed by atoms with Crippen LogP contribution in [-0.2, 0) is 4.79 Å². The summed E-state index contributed by atoms with van der Waals surface area (Å²) in [6.07, 6.45) is 2.08. The fraction of sp³-hybridized carbons (Fsp3) is 0.409. The average Bonchev–Trinajstić information content (AvgIpc) is 2.58. The normalized spacial score (nSPS) is 11.8. The number of hydrogen-bond acceptors (Lipinski definition) is 2. The van der Waals surface area contributed by atoms with E-state index in [1.807, 2.05) is 31.2 Å². The zero-order valence-electron chi connectivity index (χ0n) is 15.8. The lowest BCUT2D eigenvalue weighted by Gasteiger charge is -2.20. The monoisotopic (exact) mass is 339 g/mol. The van der Waals surface area contributed by atoms with Crippen molar-refractivity contribution in [2.24, 2.45) is 0 Å². The molecule has 25 heavy (non-hydrogen) atoms. The number of carbonyl (C=O) groups excluding carboxylic acids is 1. The molecule has 0 aliphatic rings. The maximum Gasteiger partial charge on any atom is 0.220 e. The van der Waals surface area contributed by atoms with Crippen LogP contribution in [0.15, 0.2) is 42.5 Å². The second-order valence-corrected chi connectivity index (χ2v) is 6.65. The van der Waals surface area contributed by atoms with Gasteiger partial charge in [0, 0.05) is 6.42 Å². The molecule has 0 heterocycles. The van der Waals surface area contributed by atoms with Crippen molar-refractivity contribution in [3.8, 4) is 5.75 Å². The highest BCUT2D eigenvalue weighted by molar-refractivity contribution is 5.76. The van der Waals surface area contributed by atoms with E-state index < -0.39 is 0 Å². The smallest absolute Gasteiger partial charge is 0.220 e. The molecule has 1 atom stereocenters. The van der Waals surface area contributed by atoms with Gasteiger partial charge < -0.3 is 10.1 Å². The third-order valence-electron chi connectivity index (χ3n) is 4.38. The summed E-state index contributed by atoms with van der Waals surface area (Å²) < 4.78 is 5.68. The van der Waals surface area contributed by atoms with Gasteiger partial charge in [-0.15, -0.1) is 0 Å². The Labute approximate surface area is 151 Å². The zero-order chi connectivity index (χ0) is 18.2. The van der Waals surface area contributed by atoms with Gasteiger partial charge in [0.1, 0.15) is 5.75 Å². The summed E-state index contributed by atoms with van der Waals surface area (Å²) in [5.74, 6) is 0.937. The van der Waals surface area contributed by atoms with Gasteiger partial charge >= 0.3 is 0 Å². The van der Waals surface area contributed by atoms with Crippen LogP contribution in [0.1, 0.15) is 54.5 Å². The highest BCUT2D eigenvalue weighted by Gasteiger charge is 2.14. The number of aryl methyl sites for hydroxylation is 3. The van der Waals surface area contributed by atoms with Crippen LogP contribution in [0.25, 0.3) is 0 Å². The van der Waals surface area contributed by atoms with Crippen molar-refractivity contribution in [1.29, 1.82) is 0 Å². The highest BCUT2D eigenvalue weighted by atomic mass is 16.5. The first-order chi connectivity index (χ1) is 12.0. The van der Waals surface area contributed by atoms with E-state index in [2.05, 4.69) is 44.3 Å². The van der Waals surface area contributed by atoms with Crippen molar-refractivity contribution in [3.63, 3.8) is 0 Å². The molecule has 0 aromatic heterocycles. The van der Waals surface area contributed by atoms with Crippen LogP contribution in [0, 0.1) is 20.8 Å². The summed E-state index contributed by atoms with van der Waals surface area (Å²) >= 11 is 0. The molecule has 134 valence electrons. The summed E-state index contributed by atoms with van der Waals surface area (Å²) in [7, 11) is 0. The highest BCUT2D eigenvalue weighted by Crippen LogP contribution is 2.22. The maximum atomic E-state index is 12.3. The van der Waals surface area contributed by atoms with E-state index in [1.165, 1.54) is 22.3 Å². The molecule has 2 aromatic carbocycles. The quantitative estimate of drug-likeness (QED) is 0.684. The lowest BCUT2D eigenvalue weighted by Crippen LogP contribution is -2.28. The third-order valence-corrected chi connectivity index (χ3v) is 4.38. The molecule has 0 radical (unpaired) electrons. The second-order valence-electron chi connectivity index (χ2n) is 6.65. The number of benzene rings is 2. The van der Waals surface area contributed by atoms with Crippen LogP contribution >= 0.6 is 0 Å². The number of hydrogen-bond donors (Lipinski definition) is 1. The molecule has 0 spiro atoms. The van der Waals surface area contributed by atoms with Gasteiger partial charge in [-0.2, -0.15) is 0 Å². The Kier molecular flexibility index (Phi) is 7.05. The van der Waals surface area contributed by atoms with E-state index in [9.17, 15) is 4.79 Å². The summed E-state index contributed by atoms with van der Waals surface area (Å²) in [6.45, 7) is 8.90. The predicted octanol–water partition coefficient (Wildman–Crippen LogP) is 5.04. The van der Waals surface area contributed by atoms with Crippen LogP contribution < -0.4 is 10.1 Å². The van der Waals surface area contributed by atoms with Crippen LogP contribution in [-0.4, -0.2) is 12.5 Å². The van der Waals surface area contributed by atoms with E-state index >= 15 is 0 Å². The van der Waals surface area contributed by atoms with E-state index in [0.29, 0.717) is 19.4 Å². The Balaban J connectivity index is 1.79. The topological polar surface area (TPSA) is 38.3 Å². The minimum atomic E-state index is 0.0751. The van der Waals surface area contributed by atoms with Crippen molar-refractivity contribution in [1.82, 2.24) is 5.32 Å². The maximum absolute atomic E-state index is 12.3. The van der Waals surface area contributed by atoms with Gasteiger partial charge in [-0.25, -0.2) is 0 Å². The Morgan fingerprint density at radius 3 is 2.36 bits per heavy atom. The van der Waals surface area contributed by atoms with Crippen molar-refractivity contribution >= 4 is 5.91 Å². The Morgan fingerprint density at radius 2 is 1.72 bits per heavy atom. The summed E-state index contributed by atoms with van der Waals surface area (Å²) in [5.41, 5.74) is 4.90. The number of rotatable bonds is 8. The molecule has 1 amide bonds. The van der Waals surface area contributed by atoms with E-state index in [0.717, 1.165) is 12.2 Å². The summed E-state index contributed by atoms with van der Waals surface area (Å²) in [6, 6.07) is 14.4. The fourth-order valence-electron chi connectivity index (χ4n) is 2.94. The Hall–Kier alpha value is -2.29. The zero-order valence-corrected chi connectivity index (χ0v) is 15.8. The minimum absolute atomic E-state index is 0.0751. The lowest BCUT2D eigenvalue weighted by molar-refractivity contribution is -0.122. The molecule has 3 nitrogen and oxygen atoms in total. The van der Waals surface area contributed by atoms with Gasteiger partial charge in [-0.05, 0) is 56.9 Å². The molecule has 0 fully saturated rings. The molecule has 2 rings (SSSR count). The largest absolute Gasteiger partial charge is 0.494 e. The van der Waals surface area contributed by atoms with E-state index in [-0.39, 0.29) is 11.9 Å². The van der Waals surface area contributed by atoms with Crippen LogP contribution in [0.2, 0.25) is 0 Å². The molecule has 0 saturated heterocycles. The van der Waals surface area contributed by atoms with Gasteiger partial charge in [0.2, 0.25) is 5.91 Å². The SMILES string of the molecule is CC[C@@H](NC(=O)CCCOc1ccc(C)cc1)c1ccc(C)cc1C. The predicted molar refractivity (Wildman–Crippen MR) is 103 cm³/mol.